The third-order valence-electron chi connectivity index (χ3n) is 4.72. The number of aryl methyl sites for hydroxylation is 1. The van der Waals surface area contributed by atoms with Crippen molar-refractivity contribution < 1.29 is 13.2 Å². The van der Waals surface area contributed by atoms with E-state index in [4.69, 9.17) is 4.74 Å². The van der Waals surface area contributed by atoms with Gasteiger partial charge in [-0.1, -0.05) is 6.42 Å². The Morgan fingerprint density at radius 1 is 1.25 bits per heavy atom. The minimum atomic E-state index is -3.42. The van der Waals surface area contributed by atoms with E-state index in [0.717, 1.165) is 17.9 Å². The zero-order chi connectivity index (χ0) is 14.3. The van der Waals surface area contributed by atoms with E-state index in [0.29, 0.717) is 16.6 Å². The zero-order valence-electron chi connectivity index (χ0n) is 11.9. The molecule has 0 heterocycles. The summed E-state index contributed by atoms with van der Waals surface area (Å²) in [4.78, 5) is 0.332. The van der Waals surface area contributed by atoms with Crippen LogP contribution in [0.3, 0.4) is 0 Å². The molecular formula is C15H21NO3S. The quantitative estimate of drug-likeness (QED) is 0.928. The SMILES string of the molecule is COc1ccc(S(=O)(=O)N[C@@H]2C[C@@H]3CC[C@@H]2C3)cc1C. The Balaban J connectivity index is 1.79. The summed E-state index contributed by atoms with van der Waals surface area (Å²) in [5.74, 6) is 1.98. The molecule has 2 aliphatic rings. The lowest BCUT2D eigenvalue weighted by Gasteiger charge is -2.22. The second-order valence-corrected chi connectivity index (χ2v) is 7.75. The molecule has 3 atom stereocenters. The largest absolute Gasteiger partial charge is 0.496 e. The number of methoxy groups -OCH3 is 1. The highest BCUT2D eigenvalue weighted by molar-refractivity contribution is 7.89. The van der Waals surface area contributed by atoms with Crippen LogP contribution in [0.1, 0.15) is 31.2 Å². The van der Waals surface area contributed by atoms with Gasteiger partial charge < -0.3 is 4.74 Å². The number of hydrogen-bond acceptors (Lipinski definition) is 3. The normalized spacial score (nSPS) is 28.8. The zero-order valence-corrected chi connectivity index (χ0v) is 12.7. The Labute approximate surface area is 120 Å². The summed E-state index contributed by atoms with van der Waals surface area (Å²) in [5, 5.41) is 0. The lowest BCUT2D eigenvalue weighted by Crippen LogP contribution is -2.38. The van der Waals surface area contributed by atoms with Crippen LogP contribution < -0.4 is 9.46 Å². The molecule has 2 aliphatic carbocycles. The van der Waals surface area contributed by atoms with Gasteiger partial charge in [-0.2, -0.15) is 0 Å². The molecule has 0 amide bonds. The third-order valence-corrected chi connectivity index (χ3v) is 6.21. The Morgan fingerprint density at radius 2 is 2.05 bits per heavy atom. The lowest BCUT2D eigenvalue weighted by molar-refractivity contribution is 0.390. The highest BCUT2D eigenvalue weighted by Gasteiger charge is 2.41. The molecule has 0 radical (unpaired) electrons. The number of hydrogen-bond donors (Lipinski definition) is 1. The lowest BCUT2D eigenvalue weighted by atomic mass is 9.96. The second-order valence-electron chi connectivity index (χ2n) is 6.03. The first-order valence-corrected chi connectivity index (χ1v) is 8.65. The Morgan fingerprint density at radius 3 is 2.60 bits per heavy atom. The van der Waals surface area contributed by atoms with Crippen LogP contribution in [0.15, 0.2) is 23.1 Å². The van der Waals surface area contributed by atoms with Crippen LogP contribution in [0, 0.1) is 18.8 Å². The minimum absolute atomic E-state index is 0.126. The van der Waals surface area contributed by atoms with Crippen molar-refractivity contribution in [2.75, 3.05) is 7.11 Å². The maximum Gasteiger partial charge on any atom is 0.240 e. The Kier molecular flexibility index (Phi) is 3.50. The molecule has 4 nitrogen and oxygen atoms in total. The van der Waals surface area contributed by atoms with E-state index in [1.54, 1.807) is 25.3 Å². The van der Waals surface area contributed by atoms with Crippen molar-refractivity contribution in [2.45, 2.75) is 43.5 Å². The van der Waals surface area contributed by atoms with Crippen molar-refractivity contribution in [3.63, 3.8) is 0 Å². The van der Waals surface area contributed by atoms with Crippen LogP contribution in [0.25, 0.3) is 0 Å². The van der Waals surface area contributed by atoms with Gasteiger partial charge >= 0.3 is 0 Å². The van der Waals surface area contributed by atoms with Gasteiger partial charge in [-0.25, -0.2) is 13.1 Å². The topological polar surface area (TPSA) is 55.4 Å². The summed E-state index contributed by atoms with van der Waals surface area (Å²) < 4.78 is 33.0. The van der Waals surface area contributed by atoms with E-state index in [-0.39, 0.29) is 6.04 Å². The third kappa shape index (κ3) is 2.44. The van der Waals surface area contributed by atoms with Crippen molar-refractivity contribution in [2.24, 2.45) is 11.8 Å². The molecule has 0 aromatic heterocycles. The van der Waals surface area contributed by atoms with Gasteiger partial charge in [0.05, 0.1) is 12.0 Å². The maximum atomic E-state index is 12.5. The standard InChI is InChI=1S/C15H21NO3S/c1-10-7-13(5-6-15(10)19-2)20(17,18)16-14-9-11-3-4-12(14)8-11/h5-7,11-12,14,16H,3-4,8-9H2,1-2H3/t11-,12-,14-/m1/s1. The van der Waals surface area contributed by atoms with Gasteiger partial charge in [0.25, 0.3) is 0 Å². The predicted octanol–water partition coefficient (Wildman–Crippen LogP) is 2.47. The molecule has 110 valence electrons. The first-order chi connectivity index (χ1) is 9.49. The van der Waals surface area contributed by atoms with E-state index < -0.39 is 10.0 Å². The van der Waals surface area contributed by atoms with Gasteiger partial charge in [-0.3, -0.25) is 0 Å². The number of ether oxygens (including phenoxy) is 1. The average molecular weight is 295 g/mol. The molecule has 2 bridgehead atoms. The summed E-state index contributed by atoms with van der Waals surface area (Å²) in [7, 11) is -1.83. The average Bonchev–Trinajstić information content (AvgIpc) is 3.00. The molecule has 0 aliphatic heterocycles. The van der Waals surface area contributed by atoms with Gasteiger partial charge in [0.1, 0.15) is 5.75 Å². The summed E-state index contributed by atoms with van der Waals surface area (Å²) in [6.07, 6.45) is 4.62. The van der Waals surface area contributed by atoms with E-state index in [1.807, 2.05) is 6.92 Å². The highest BCUT2D eigenvalue weighted by Crippen LogP contribution is 2.44. The molecule has 1 aromatic rings. The van der Waals surface area contributed by atoms with Crippen LogP contribution in [0.5, 0.6) is 5.75 Å². The molecule has 20 heavy (non-hydrogen) atoms. The summed E-state index contributed by atoms with van der Waals surface area (Å²) in [6.45, 7) is 1.86. The van der Waals surface area contributed by atoms with E-state index >= 15 is 0 Å². The fraction of sp³-hybridized carbons (Fsp3) is 0.600. The van der Waals surface area contributed by atoms with Crippen LogP contribution in [-0.4, -0.2) is 21.6 Å². The smallest absolute Gasteiger partial charge is 0.240 e. The molecular weight excluding hydrogens is 274 g/mol. The van der Waals surface area contributed by atoms with Gasteiger partial charge in [-0.05, 0) is 61.8 Å². The van der Waals surface area contributed by atoms with Crippen molar-refractivity contribution in [1.82, 2.24) is 4.72 Å². The summed E-state index contributed by atoms with van der Waals surface area (Å²) >= 11 is 0. The maximum absolute atomic E-state index is 12.5. The van der Waals surface area contributed by atoms with Crippen LogP contribution >= 0.6 is 0 Å². The van der Waals surface area contributed by atoms with Crippen LogP contribution in [-0.2, 0) is 10.0 Å². The molecule has 5 heteroatoms. The Hall–Kier alpha value is -1.07. The van der Waals surface area contributed by atoms with Crippen molar-refractivity contribution in [3.8, 4) is 5.75 Å². The molecule has 2 fully saturated rings. The fourth-order valence-corrected chi connectivity index (χ4v) is 5.08. The van der Waals surface area contributed by atoms with Crippen molar-refractivity contribution in [1.29, 1.82) is 0 Å². The molecule has 3 rings (SSSR count). The van der Waals surface area contributed by atoms with E-state index in [2.05, 4.69) is 4.72 Å². The first kappa shape index (κ1) is 13.9. The van der Waals surface area contributed by atoms with Crippen molar-refractivity contribution in [3.05, 3.63) is 23.8 Å². The molecule has 0 unspecified atom stereocenters. The number of fused-ring (bicyclic) bond motifs is 2. The molecule has 1 N–H and O–H groups in total. The van der Waals surface area contributed by atoms with E-state index in [9.17, 15) is 8.42 Å². The van der Waals surface area contributed by atoms with Gasteiger partial charge in [0.2, 0.25) is 10.0 Å². The minimum Gasteiger partial charge on any atom is -0.496 e. The summed E-state index contributed by atoms with van der Waals surface area (Å²) in [6, 6.07) is 5.13. The number of nitrogens with one attached hydrogen (secondary N) is 1. The molecule has 0 saturated heterocycles. The van der Waals surface area contributed by atoms with Crippen LogP contribution in [0.2, 0.25) is 0 Å². The monoisotopic (exact) mass is 295 g/mol. The highest BCUT2D eigenvalue weighted by atomic mass is 32.2. The van der Waals surface area contributed by atoms with E-state index in [1.165, 1.54) is 19.3 Å². The first-order valence-electron chi connectivity index (χ1n) is 7.16. The Bertz CT molecular complexity index is 612. The fourth-order valence-electron chi connectivity index (χ4n) is 3.67. The van der Waals surface area contributed by atoms with Crippen LogP contribution in [0.4, 0.5) is 0 Å². The van der Waals surface area contributed by atoms with Gasteiger partial charge in [0.15, 0.2) is 0 Å². The number of sulfonamides is 1. The second kappa shape index (κ2) is 5.04. The van der Waals surface area contributed by atoms with Crippen molar-refractivity contribution >= 4 is 10.0 Å². The molecule has 1 aromatic carbocycles. The van der Waals surface area contributed by atoms with Gasteiger partial charge in [-0.15, -0.1) is 0 Å². The number of rotatable bonds is 4. The molecule has 0 spiro atoms. The van der Waals surface area contributed by atoms with Gasteiger partial charge in [0, 0.05) is 6.04 Å². The predicted molar refractivity (Wildman–Crippen MR) is 77.3 cm³/mol. The summed E-state index contributed by atoms with van der Waals surface area (Å²) in [5.41, 5.74) is 0.836. The number of benzene rings is 1. The molecule has 2 saturated carbocycles.